The van der Waals surface area contributed by atoms with E-state index in [9.17, 15) is 4.79 Å². The van der Waals surface area contributed by atoms with E-state index in [4.69, 9.17) is 9.47 Å². The largest absolute Gasteiger partial charge is 0.494 e. The molecule has 0 atom stereocenters. The molecule has 1 N–H and O–H groups in total. The summed E-state index contributed by atoms with van der Waals surface area (Å²) >= 11 is 0. The predicted molar refractivity (Wildman–Crippen MR) is 130 cm³/mol. The van der Waals surface area contributed by atoms with Crippen molar-refractivity contribution in [3.63, 3.8) is 0 Å². The first-order valence-corrected chi connectivity index (χ1v) is 11.2. The normalized spacial score (nSPS) is 11.1. The maximum Gasteiger partial charge on any atom is 0.255 e. The summed E-state index contributed by atoms with van der Waals surface area (Å²) in [4.78, 5) is 14.5. The van der Waals surface area contributed by atoms with Gasteiger partial charge in [0.2, 0.25) is 0 Å². The Balaban J connectivity index is 1.56. The van der Waals surface area contributed by atoms with Crippen LogP contribution in [0, 0.1) is 0 Å². The molecule has 0 fully saturated rings. The highest BCUT2D eigenvalue weighted by molar-refractivity contribution is 6.05. The molecule has 33 heavy (non-hydrogen) atoms. The molecule has 170 valence electrons. The zero-order valence-corrected chi connectivity index (χ0v) is 19.3. The van der Waals surface area contributed by atoms with Crippen molar-refractivity contribution in [3.05, 3.63) is 71.8 Å². The van der Waals surface area contributed by atoms with Crippen molar-refractivity contribution in [3.8, 4) is 17.2 Å². The SMILES string of the molecule is CCOc1cc(OCC)cc(C(=O)Nc2ccc3nn(-c4ccc(C(C)C)cc4)nc3c2)c1. The van der Waals surface area contributed by atoms with Gasteiger partial charge in [-0.3, -0.25) is 4.79 Å². The minimum absolute atomic E-state index is 0.256. The van der Waals surface area contributed by atoms with E-state index in [0.29, 0.717) is 47.4 Å². The van der Waals surface area contributed by atoms with Gasteiger partial charge in [-0.25, -0.2) is 0 Å². The highest BCUT2D eigenvalue weighted by Gasteiger charge is 2.13. The number of nitrogens with zero attached hydrogens (tertiary/aromatic N) is 3. The second-order valence-electron chi connectivity index (χ2n) is 7.95. The van der Waals surface area contributed by atoms with Gasteiger partial charge in [0.05, 0.1) is 18.9 Å². The molecule has 0 saturated carbocycles. The zero-order chi connectivity index (χ0) is 23.4. The number of hydrogen-bond acceptors (Lipinski definition) is 5. The van der Waals surface area contributed by atoms with E-state index in [1.165, 1.54) is 5.56 Å². The molecule has 0 aliphatic heterocycles. The average molecular weight is 445 g/mol. The molecule has 1 heterocycles. The average Bonchev–Trinajstić information content (AvgIpc) is 3.23. The van der Waals surface area contributed by atoms with Crippen LogP contribution in [0.1, 0.15) is 49.5 Å². The number of anilines is 1. The first-order chi connectivity index (χ1) is 16.0. The number of carbonyl (C=O) groups is 1. The first-order valence-electron chi connectivity index (χ1n) is 11.2. The molecule has 7 nitrogen and oxygen atoms in total. The van der Waals surface area contributed by atoms with Crippen LogP contribution in [-0.2, 0) is 0 Å². The predicted octanol–water partition coefficient (Wildman–Crippen LogP) is 5.59. The molecule has 1 aromatic heterocycles. The first kappa shape index (κ1) is 22.3. The number of rotatable bonds is 8. The molecule has 3 aromatic carbocycles. The van der Waals surface area contributed by atoms with E-state index in [-0.39, 0.29) is 5.91 Å². The van der Waals surface area contributed by atoms with Crippen LogP contribution >= 0.6 is 0 Å². The summed E-state index contributed by atoms with van der Waals surface area (Å²) in [7, 11) is 0. The van der Waals surface area contributed by atoms with E-state index in [1.54, 1.807) is 23.0 Å². The zero-order valence-electron chi connectivity index (χ0n) is 19.3. The highest BCUT2D eigenvalue weighted by Crippen LogP contribution is 2.25. The molecule has 7 heteroatoms. The van der Waals surface area contributed by atoms with E-state index in [0.717, 1.165) is 11.2 Å². The van der Waals surface area contributed by atoms with Crippen LogP contribution in [0.5, 0.6) is 11.5 Å². The Morgan fingerprint density at radius 1 is 0.879 bits per heavy atom. The van der Waals surface area contributed by atoms with E-state index >= 15 is 0 Å². The van der Waals surface area contributed by atoms with Crippen LogP contribution in [-0.4, -0.2) is 34.1 Å². The van der Waals surface area contributed by atoms with Gasteiger partial charge in [-0.15, -0.1) is 10.2 Å². The smallest absolute Gasteiger partial charge is 0.255 e. The number of carbonyl (C=O) groups excluding carboxylic acids is 1. The molecule has 0 aliphatic rings. The maximum absolute atomic E-state index is 12.9. The lowest BCUT2D eigenvalue weighted by Gasteiger charge is -2.11. The van der Waals surface area contributed by atoms with Crippen molar-refractivity contribution < 1.29 is 14.3 Å². The second-order valence-corrected chi connectivity index (χ2v) is 7.95. The monoisotopic (exact) mass is 444 g/mol. The summed E-state index contributed by atoms with van der Waals surface area (Å²) in [6.07, 6.45) is 0. The third kappa shape index (κ3) is 5.14. The van der Waals surface area contributed by atoms with Gasteiger partial charge in [0, 0.05) is 17.3 Å². The fourth-order valence-corrected chi connectivity index (χ4v) is 3.51. The Morgan fingerprint density at radius 3 is 2.12 bits per heavy atom. The van der Waals surface area contributed by atoms with Gasteiger partial charge >= 0.3 is 0 Å². The summed E-state index contributed by atoms with van der Waals surface area (Å²) < 4.78 is 11.2. The Kier molecular flexibility index (Phi) is 6.58. The lowest BCUT2D eigenvalue weighted by atomic mass is 10.0. The van der Waals surface area contributed by atoms with Crippen molar-refractivity contribution in [2.24, 2.45) is 0 Å². The Labute approximate surface area is 193 Å². The number of hydrogen-bond donors (Lipinski definition) is 1. The summed E-state index contributed by atoms with van der Waals surface area (Å²) in [6, 6.07) is 18.9. The van der Waals surface area contributed by atoms with Crippen LogP contribution in [0.4, 0.5) is 5.69 Å². The van der Waals surface area contributed by atoms with Crippen molar-refractivity contribution in [2.45, 2.75) is 33.6 Å². The van der Waals surface area contributed by atoms with Crippen molar-refractivity contribution >= 4 is 22.6 Å². The summed E-state index contributed by atoms with van der Waals surface area (Å²) in [6.45, 7) is 9.13. The molecule has 4 aromatic rings. The fraction of sp³-hybridized carbons (Fsp3) is 0.269. The number of benzene rings is 3. The van der Waals surface area contributed by atoms with Crippen molar-refractivity contribution in [1.82, 2.24) is 15.0 Å². The molecule has 4 rings (SSSR count). The summed E-state index contributed by atoms with van der Waals surface area (Å²) in [5.74, 6) is 1.40. The van der Waals surface area contributed by atoms with Gasteiger partial charge in [0.1, 0.15) is 22.5 Å². The fourth-order valence-electron chi connectivity index (χ4n) is 3.51. The van der Waals surface area contributed by atoms with Gasteiger partial charge < -0.3 is 14.8 Å². The minimum atomic E-state index is -0.256. The van der Waals surface area contributed by atoms with E-state index < -0.39 is 0 Å². The van der Waals surface area contributed by atoms with Crippen LogP contribution in [0.3, 0.4) is 0 Å². The highest BCUT2D eigenvalue weighted by atomic mass is 16.5. The van der Waals surface area contributed by atoms with Crippen LogP contribution < -0.4 is 14.8 Å². The third-order valence-electron chi connectivity index (χ3n) is 5.19. The molecule has 0 radical (unpaired) electrons. The molecule has 0 bridgehead atoms. The number of aromatic nitrogens is 3. The van der Waals surface area contributed by atoms with Crippen LogP contribution in [0.15, 0.2) is 60.7 Å². The Hall–Kier alpha value is -3.87. The minimum Gasteiger partial charge on any atom is -0.494 e. The number of nitrogens with one attached hydrogen (secondary N) is 1. The quantitative estimate of drug-likeness (QED) is 0.383. The lowest BCUT2D eigenvalue weighted by Crippen LogP contribution is -2.12. The standard InChI is InChI=1S/C26H28N4O3/c1-5-32-22-13-19(14-23(16-22)33-6-2)26(31)27-20-9-12-24-25(15-20)29-30(28-24)21-10-7-18(8-11-21)17(3)4/h7-17H,5-6H2,1-4H3,(H,27,31). The number of amides is 1. The summed E-state index contributed by atoms with van der Waals surface area (Å²) in [5, 5.41) is 12.1. The molecular weight excluding hydrogens is 416 g/mol. The maximum atomic E-state index is 12.9. The van der Waals surface area contributed by atoms with E-state index in [2.05, 4.69) is 41.5 Å². The van der Waals surface area contributed by atoms with Gasteiger partial charge in [-0.1, -0.05) is 26.0 Å². The number of fused-ring (bicyclic) bond motifs is 1. The van der Waals surface area contributed by atoms with Crippen molar-refractivity contribution in [2.75, 3.05) is 18.5 Å². The van der Waals surface area contributed by atoms with Gasteiger partial charge in [-0.2, -0.15) is 4.80 Å². The third-order valence-corrected chi connectivity index (χ3v) is 5.19. The molecule has 0 spiro atoms. The molecular formula is C26H28N4O3. The van der Waals surface area contributed by atoms with Gasteiger partial charge in [0.15, 0.2) is 0 Å². The second kappa shape index (κ2) is 9.73. The molecule has 1 amide bonds. The van der Waals surface area contributed by atoms with E-state index in [1.807, 2.05) is 44.2 Å². The molecule has 0 unspecified atom stereocenters. The van der Waals surface area contributed by atoms with Crippen molar-refractivity contribution in [1.29, 1.82) is 0 Å². The molecule has 0 aliphatic carbocycles. The Morgan fingerprint density at radius 2 is 1.52 bits per heavy atom. The van der Waals surface area contributed by atoms with Gasteiger partial charge in [0.25, 0.3) is 5.91 Å². The summed E-state index contributed by atoms with van der Waals surface area (Å²) in [5.41, 5.74) is 4.68. The molecule has 0 saturated heterocycles. The topological polar surface area (TPSA) is 78.3 Å². The van der Waals surface area contributed by atoms with Gasteiger partial charge in [-0.05, 0) is 67.8 Å². The Bertz CT molecular complexity index is 1240. The van der Waals surface area contributed by atoms with Crippen LogP contribution in [0.25, 0.3) is 16.7 Å². The lowest BCUT2D eigenvalue weighted by molar-refractivity contribution is 0.102. The number of ether oxygens (including phenoxy) is 2. The van der Waals surface area contributed by atoms with Crippen LogP contribution in [0.2, 0.25) is 0 Å².